The number of benzene rings is 1. The SMILES string of the molecule is CCOC(=O)C1CCN(C(=O)CN2C(=O)COc3ccc(S(=O)(=O)N4CCOCC4)cc32)CC1. The minimum absolute atomic E-state index is 0.0270. The van der Waals surface area contributed by atoms with Gasteiger partial charge in [-0.1, -0.05) is 0 Å². The molecule has 1 aromatic rings. The second kappa shape index (κ2) is 10.3. The molecule has 3 heterocycles. The van der Waals surface area contributed by atoms with Crippen LogP contribution in [0.4, 0.5) is 5.69 Å². The van der Waals surface area contributed by atoms with Crippen molar-refractivity contribution in [1.82, 2.24) is 9.21 Å². The molecule has 2 fully saturated rings. The van der Waals surface area contributed by atoms with Crippen molar-refractivity contribution in [2.24, 2.45) is 5.92 Å². The smallest absolute Gasteiger partial charge is 0.309 e. The molecule has 1 aromatic carbocycles. The van der Waals surface area contributed by atoms with Crippen molar-refractivity contribution in [3.05, 3.63) is 18.2 Å². The molecule has 4 rings (SSSR count). The first-order chi connectivity index (χ1) is 16.3. The number of carbonyl (C=O) groups is 3. The van der Waals surface area contributed by atoms with E-state index in [2.05, 4.69) is 0 Å². The Morgan fingerprint density at radius 2 is 1.82 bits per heavy atom. The molecule has 0 N–H and O–H groups in total. The molecule has 34 heavy (non-hydrogen) atoms. The zero-order valence-electron chi connectivity index (χ0n) is 19.1. The van der Waals surface area contributed by atoms with Gasteiger partial charge in [0.2, 0.25) is 15.9 Å². The van der Waals surface area contributed by atoms with Gasteiger partial charge in [-0.3, -0.25) is 19.3 Å². The van der Waals surface area contributed by atoms with Gasteiger partial charge in [0.05, 0.1) is 36.3 Å². The molecule has 0 aliphatic carbocycles. The van der Waals surface area contributed by atoms with Gasteiger partial charge in [-0.15, -0.1) is 0 Å². The number of piperidine rings is 1. The third-order valence-electron chi connectivity index (χ3n) is 6.24. The molecule has 3 aliphatic rings. The summed E-state index contributed by atoms with van der Waals surface area (Å²) in [7, 11) is -3.78. The predicted molar refractivity (Wildman–Crippen MR) is 120 cm³/mol. The number of nitrogens with zero attached hydrogens (tertiary/aromatic N) is 3. The van der Waals surface area contributed by atoms with Gasteiger partial charge in [-0.25, -0.2) is 8.42 Å². The van der Waals surface area contributed by atoms with Crippen LogP contribution in [0.15, 0.2) is 23.1 Å². The maximum absolute atomic E-state index is 13.1. The van der Waals surface area contributed by atoms with Crippen molar-refractivity contribution < 1.29 is 37.0 Å². The normalized spacial score (nSPS) is 20.0. The molecular weight excluding hydrogens is 466 g/mol. The maximum atomic E-state index is 13.1. The minimum Gasteiger partial charge on any atom is -0.482 e. The average Bonchev–Trinajstić information content (AvgIpc) is 2.86. The van der Waals surface area contributed by atoms with E-state index in [1.807, 2.05) is 0 Å². The van der Waals surface area contributed by atoms with Crippen LogP contribution in [-0.2, 0) is 33.9 Å². The molecule has 0 bridgehead atoms. The highest BCUT2D eigenvalue weighted by molar-refractivity contribution is 7.89. The average molecular weight is 496 g/mol. The summed E-state index contributed by atoms with van der Waals surface area (Å²) in [5, 5.41) is 0. The quantitative estimate of drug-likeness (QED) is 0.514. The fourth-order valence-electron chi connectivity index (χ4n) is 4.31. The number of rotatable bonds is 6. The standard InChI is InChI=1S/C22H29N3O8S/c1-2-32-22(28)16-5-7-23(8-6-16)20(26)14-25-18-13-17(3-4-19(18)33-15-21(25)27)34(29,30)24-9-11-31-12-10-24/h3-4,13,16H,2,5-12,14-15H2,1H3. The number of amides is 2. The van der Waals surface area contributed by atoms with E-state index in [1.165, 1.54) is 27.4 Å². The van der Waals surface area contributed by atoms with Crippen LogP contribution >= 0.6 is 0 Å². The molecule has 0 radical (unpaired) electrons. The Morgan fingerprint density at radius 1 is 1.12 bits per heavy atom. The summed E-state index contributed by atoms with van der Waals surface area (Å²) in [5.41, 5.74) is 0.250. The zero-order valence-corrected chi connectivity index (χ0v) is 19.9. The fraction of sp³-hybridized carbons (Fsp3) is 0.591. The van der Waals surface area contributed by atoms with Gasteiger partial charge in [0, 0.05) is 26.2 Å². The topological polar surface area (TPSA) is 123 Å². The predicted octanol–water partition coefficient (Wildman–Crippen LogP) is 0.235. The van der Waals surface area contributed by atoms with Gasteiger partial charge in [0.15, 0.2) is 6.61 Å². The summed E-state index contributed by atoms with van der Waals surface area (Å²) < 4.78 is 43.3. The van der Waals surface area contributed by atoms with E-state index in [4.69, 9.17) is 14.2 Å². The van der Waals surface area contributed by atoms with Gasteiger partial charge < -0.3 is 19.1 Å². The van der Waals surface area contributed by atoms with Crippen molar-refractivity contribution in [2.75, 3.05) is 64.1 Å². The van der Waals surface area contributed by atoms with Gasteiger partial charge in [-0.05, 0) is 38.0 Å². The maximum Gasteiger partial charge on any atom is 0.309 e. The first-order valence-corrected chi connectivity index (χ1v) is 12.8. The lowest BCUT2D eigenvalue weighted by molar-refractivity contribution is -0.151. The number of esters is 1. The Morgan fingerprint density at radius 3 is 2.50 bits per heavy atom. The highest BCUT2D eigenvalue weighted by Gasteiger charge is 2.34. The first kappa shape index (κ1) is 24.4. The Bertz CT molecular complexity index is 1050. The summed E-state index contributed by atoms with van der Waals surface area (Å²) >= 11 is 0. The summed E-state index contributed by atoms with van der Waals surface area (Å²) in [6, 6.07) is 4.34. The summed E-state index contributed by atoms with van der Waals surface area (Å²) in [4.78, 5) is 40.5. The molecule has 2 saturated heterocycles. The Labute approximate surface area is 198 Å². The summed E-state index contributed by atoms with van der Waals surface area (Å²) in [5.74, 6) is -0.842. The van der Waals surface area contributed by atoms with E-state index >= 15 is 0 Å². The number of morpholine rings is 1. The van der Waals surface area contributed by atoms with Crippen LogP contribution in [0.3, 0.4) is 0 Å². The van der Waals surface area contributed by atoms with Crippen molar-refractivity contribution in [3.63, 3.8) is 0 Å². The molecule has 0 spiro atoms. The number of hydrogen-bond donors (Lipinski definition) is 0. The third kappa shape index (κ3) is 5.03. The monoisotopic (exact) mass is 495 g/mol. The van der Waals surface area contributed by atoms with E-state index in [0.29, 0.717) is 51.5 Å². The number of likely N-dealkylation sites (tertiary alicyclic amines) is 1. The molecule has 186 valence electrons. The second-order valence-corrected chi connectivity index (χ2v) is 10.3. The minimum atomic E-state index is -3.78. The van der Waals surface area contributed by atoms with Gasteiger partial charge in [0.25, 0.3) is 5.91 Å². The number of fused-ring (bicyclic) bond motifs is 1. The largest absolute Gasteiger partial charge is 0.482 e. The number of sulfonamides is 1. The zero-order chi connectivity index (χ0) is 24.3. The lowest BCUT2D eigenvalue weighted by atomic mass is 9.97. The Hall–Kier alpha value is -2.70. The molecule has 11 nitrogen and oxygen atoms in total. The molecule has 12 heteroatoms. The number of carbonyl (C=O) groups excluding carboxylic acids is 3. The molecule has 3 aliphatic heterocycles. The van der Waals surface area contributed by atoms with Gasteiger partial charge in [0.1, 0.15) is 12.3 Å². The second-order valence-electron chi connectivity index (χ2n) is 8.32. The van der Waals surface area contributed by atoms with Crippen LogP contribution < -0.4 is 9.64 Å². The van der Waals surface area contributed by atoms with Crippen molar-refractivity contribution in [2.45, 2.75) is 24.7 Å². The molecule has 2 amide bonds. The van der Waals surface area contributed by atoms with E-state index in [1.54, 1.807) is 11.8 Å². The van der Waals surface area contributed by atoms with E-state index in [9.17, 15) is 22.8 Å². The summed E-state index contributed by atoms with van der Waals surface area (Å²) in [6.07, 6.45) is 1.00. The van der Waals surface area contributed by atoms with Crippen LogP contribution in [0.2, 0.25) is 0 Å². The molecular formula is C22H29N3O8S. The highest BCUT2D eigenvalue weighted by atomic mass is 32.2. The van der Waals surface area contributed by atoms with Gasteiger partial charge in [-0.2, -0.15) is 4.31 Å². The van der Waals surface area contributed by atoms with E-state index < -0.39 is 15.9 Å². The fourth-order valence-corrected chi connectivity index (χ4v) is 5.74. The lowest BCUT2D eigenvalue weighted by Crippen LogP contribution is -2.49. The lowest BCUT2D eigenvalue weighted by Gasteiger charge is -2.34. The van der Waals surface area contributed by atoms with Crippen molar-refractivity contribution in [1.29, 1.82) is 0 Å². The number of ether oxygens (including phenoxy) is 3. The third-order valence-corrected chi connectivity index (χ3v) is 8.14. The Kier molecular flexibility index (Phi) is 7.39. The summed E-state index contributed by atoms with van der Waals surface area (Å²) in [6.45, 7) is 3.51. The van der Waals surface area contributed by atoms with Crippen LogP contribution in [0.25, 0.3) is 0 Å². The number of anilines is 1. The highest BCUT2D eigenvalue weighted by Crippen LogP contribution is 2.35. The van der Waals surface area contributed by atoms with E-state index in [0.717, 1.165) is 0 Å². The van der Waals surface area contributed by atoms with Crippen LogP contribution in [0, 0.1) is 5.92 Å². The van der Waals surface area contributed by atoms with Crippen LogP contribution in [-0.4, -0.2) is 94.6 Å². The molecule has 0 unspecified atom stereocenters. The van der Waals surface area contributed by atoms with Crippen LogP contribution in [0.5, 0.6) is 5.75 Å². The Balaban J connectivity index is 1.48. The first-order valence-electron chi connectivity index (χ1n) is 11.4. The molecule has 0 aromatic heterocycles. The molecule has 0 saturated carbocycles. The van der Waals surface area contributed by atoms with Crippen molar-refractivity contribution in [3.8, 4) is 5.75 Å². The number of hydrogen-bond acceptors (Lipinski definition) is 8. The van der Waals surface area contributed by atoms with Crippen LogP contribution in [0.1, 0.15) is 19.8 Å². The van der Waals surface area contributed by atoms with E-state index in [-0.39, 0.29) is 54.6 Å². The van der Waals surface area contributed by atoms with Gasteiger partial charge >= 0.3 is 5.97 Å². The molecule has 0 atom stereocenters. The van der Waals surface area contributed by atoms with Crippen molar-refractivity contribution >= 4 is 33.5 Å².